The van der Waals surface area contributed by atoms with Gasteiger partial charge in [-0.2, -0.15) is 10.5 Å². The Hall–Kier alpha value is -2.90. The fourth-order valence-electron chi connectivity index (χ4n) is 2.93. The summed E-state index contributed by atoms with van der Waals surface area (Å²) in [6, 6.07) is 12.0. The molecule has 0 atom stereocenters. The molecule has 0 unspecified atom stereocenters. The third-order valence-electron chi connectivity index (χ3n) is 4.43. The van der Waals surface area contributed by atoms with Crippen LogP contribution in [0.3, 0.4) is 0 Å². The molecule has 0 spiro atoms. The molecule has 6 nitrogen and oxygen atoms in total. The van der Waals surface area contributed by atoms with Crippen molar-refractivity contribution in [2.24, 2.45) is 4.99 Å². The minimum absolute atomic E-state index is 0.317. The summed E-state index contributed by atoms with van der Waals surface area (Å²) in [5.41, 5.74) is 3.11. The van der Waals surface area contributed by atoms with Gasteiger partial charge in [0.2, 0.25) is 0 Å². The first-order chi connectivity index (χ1) is 13.0. The van der Waals surface area contributed by atoms with Gasteiger partial charge >= 0.3 is 0 Å². The molecule has 0 amide bonds. The summed E-state index contributed by atoms with van der Waals surface area (Å²) in [5, 5.41) is 18.5. The Bertz CT molecular complexity index is 810. The van der Waals surface area contributed by atoms with E-state index in [2.05, 4.69) is 26.9 Å². The van der Waals surface area contributed by atoms with E-state index in [1.807, 2.05) is 45.3 Å². The smallest absolute Gasteiger partial charge is 0.147 e. The van der Waals surface area contributed by atoms with E-state index < -0.39 is 0 Å². The SMILES string of the molecule is CC(=C(C#N)C(=S)N=CN(C)C)N1CCCN(c2ccc(C#N)cc2)CC1. The number of thiocarbonyl (C=S) groups is 1. The number of nitriles is 2. The number of hydrogen-bond acceptors (Lipinski definition) is 5. The molecule has 1 heterocycles. The molecule has 0 N–H and O–H groups in total. The second-order valence-corrected chi connectivity index (χ2v) is 6.96. The summed E-state index contributed by atoms with van der Waals surface area (Å²) in [5.74, 6) is 0. The quantitative estimate of drug-likeness (QED) is 0.263. The second-order valence-electron chi connectivity index (χ2n) is 6.57. The number of nitrogens with zero attached hydrogens (tertiary/aromatic N) is 6. The van der Waals surface area contributed by atoms with E-state index in [1.54, 1.807) is 11.2 Å². The fraction of sp³-hybridized carbons (Fsp3) is 0.400. The Morgan fingerprint density at radius 1 is 1.15 bits per heavy atom. The molecule has 1 fully saturated rings. The third kappa shape index (κ3) is 5.54. The van der Waals surface area contributed by atoms with E-state index in [0.717, 1.165) is 44.0 Å². The zero-order chi connectivity index (χ0) is 19.8. The van der Waals surface area contributed by atoms with Crippen molar-refractivity contribution in [2.75, 3.05) is 45.2 Å². The number of anilines is 1. The summed E-state index contributed by atoms with van der Waals surface area (Å²) in [6.07, 6.45) is 2.59. The summed E-state index contributed by atoms with van der Waals surface area (Å²) < 4.78 is 0. The average Bonchev–Trinajstić information content (AvgIpc) is 2.93. The molecular formula is C20H24N6S. The van der Waals surface area contributed by atoms with Crippen LogP contribution in [0.4, 0.5) is 5.69 Å². The standard InChI is InChI=1S/C20H24N6S/c1-16(19(14-22)20(27)23-15-24(2)3)25-9-4-10-26(12-11-25)18-7-5-17(13-21)6-8-18/h5-8,15H,4,9-12H2,1-3H3. The van der Waals surface area contributed by atoms with Crippen molar-refractivity contribution >= 4 is 29.2 Å². The highest BCUT2D eigenvalue weighted by atomic mass is 32.1. The topological polar surface area (TPSA) is 69.7 Å². The lowest BCUT2D eigenvalue weighted by Crippen LogP contribution is -2.30. The average molecular weight is 381 g/mol. The first-order valence-electron chi connectivity index (χ1n) is 8.82. The van der Waals surface area contributed by atoms with Gasteiger partial charge in [0.1, 0.15) is 16.6 Å². The molecule has 140 valence electrons. The van der Waals surface area contributed by atoms with Crippen molar-refractivity contribution in [3.63, 3.8) is 0 Å². The molecule has 0 aliphatic carbocycles. The van der Waals surface area contributed by atoms with Crippen LogP contribution in [0.15, 0.2) is 40.5 Å². The van der Waals surface area contributed by atoms with Crippen molar-refractivity contribution in [3.8, 4) is 12.1 Å². The van der Waals surface area contributed by atoms with Crippen molar-refractivity contribution in [3.05, 3.63) is 41.1 Å². The highest BCUT2D eigenvalue weighted by Gasteiger charge is 2.19. The first-order valence-corrected chi connectivity index (χ1v) is 9.23. The zero-order valence-electron chi connectivity index (χ0n) is 16.0. The minimum Gasteiger partial charge on any atom is -0.372 e. The maximum atomic E-state index is 9.57. The van der Waals surface area contributed by atoms with E-state index in [4.69, 9.17) is 17.5 Å². The fourth-order valence-corrected chi connectivity index (χ4v) is 3.17. The molecule has 1 aliphatic rings. The minimum atomic E-state index is 0.317. The molecule has 1 aromatic rings. The van der Waals surface area contributed by atoms with Gasteiger partial charge in [-0.1, -0.05) is 12.2 Å². The number of hydrogen-bond donors (Lipinski definition) is 0. The zero-order valence-corrected chi connectivity index (χ0v) is 16.8. The Morgan fingerprint density at radius 2 is 1.85 bits per heavy atom. The molecule has 7 heteroatoms. The number of rotatable bonds is 4. The highest BCUT2D eigenvalue weighted by Crippen LogP contribution is 2.20. The third-order valence-corrected chi connectivity index (χ3v) is 4.73. The van der Waals surface area contributed by atoms with E-state index >= 15 is 0 Å². The molecular weight excluding hydrogens is 356 g/mol. The summed E-state index contributed by atoms with van der Waals surface area (Å²) >= 11 is 5.33. The molecule has 1 aromatic carbocycles. The van der Waals surface area contributed by atoms with Crippen molar-refractivity contribution in [2.45, 2.75) is 13.3 Å². The number of benzene rings is 1. The molecule has 0 bridgehead atoms. The summed E-state index contributed by atoms with van der Waals surface area (Å²) in [7, 11) is 3.72. The molecule has 27 heavy (non-hydrogen) atoms. The van der Waals surface area contributed by atoms with Crippen LogP contribution in [-0.2, 0) is 0 Å². The lowest BCUT2D eigenvalue weighted by Gasteiger charge is -2.26. The van der Waals surface area contributed by atoms with Gasteiger partial charge in [0.25, 0.3) is 0 Å². The second kappa shape index (κ2) is 9.70. The Kier molecular flexibility index (Phi) is 7.34. The molecule has 1 aliphatic heterocycles. The Balaban J connectivity index is 2.12. The van der Waals surface area contributed by atoms with E-state index in [0.29, 0.717) is 16.1 Å². The van der Waals surface area contributed by atoms with Gasteiger partial charge in [0.05, 0.1) is 18.0 Å². The summed E-state index contributed by atoms with van der Waals surface area (Å²) in [4.78, 5) is 10.8. The van der Waals surface area contributed by atoms with Gasteiger partial charge in [-0.3, -0.25) is 0 Å². The normalized spacial score (nSPS) is 15.6. The Labute approximate surface area is 166 Å². The number of aliphatic imine (C=N–C) groups is 1. The van der Waals surface area contributed by atoms with Crippen LogP contribution in [0.25, 0.3) is 0 Å². The van der Waals surface area contributed by atoms with Gasteiger partial charge in [-0.05, 0) is 37.6 Å². The van der Waals surface area contributed by atoms with Crippen LogP contribution in [-0.4, -0.2) is 61.4 Å². The van der Waals surface area contributed by atoms with Crippen LogP contribution in [0.1, 0.15) is 18.9 Å². The van der Waals surface area contributed by atoms with Crippen LogP contribution in [0, 0.1) is 22.7 Å². The predicted molar refractivity (Wildman–Crippen MR) is 113 cm³/mol. The monoisotopic (exact) mass is 380 g/mol. The van der Waals surface area contributed by atoms with Crippen LogP contribution in [0.2, 0.25) is 0 Å². The van der Waals surface area contributed by atoms with Gasteiger partial charge in [-0.25, -0.2) is 4.99 Å². The maximum absolute atomic E-state index is 9.57. The molecule has 2 rings (SSSR count). The predicted octanol–water partition coefficient (Wildman–Crippen LogP) is 2.79. The first kappa shape index (κ1) is 20.4. The lowest BCUT2D eigenvalue weighted by molar-refractivity contribution is 0.369. The van der Waals surface area contributed by atoms with Crippen LogP contribution < -0.4 is 4.90 Å². The van der Waals surface area contributed by atoms with Crippen LogP contribution in [0.5, 0.6) is 0 Å². The lowest BCUT2D eigenvalue weighted by atomic mass is 10.2. The number of allylic oxidation sites excluding steroid dienone is 1. The maximum Gasteiger partial charge on any atom is 0.147 e. The van der Waals surface area contributed by atoms with E-state index in [1.165, 1.54) is 0 Å². The molecule has 1 saturated heterocycles. The molecule has 0 radical (unpaired) electrons. The Morgan fingerprint density at radius 3 is 2.44 bits per heavy atom. The van der Waals surface area contributed by atoms with E-state index in [9.17, 15) is 5.26 Å². The van der Waals surface area contributed by atoms with Gasteiger partial charge in [0, 0.05) is 51.7 Å². The molecule has 0 aromatic heterocycles. The van der Waals surface area contributed by atoms with Crippen molar-refractivity contribution in [1.29, 1.82) is 10.5 Å². The van der Waals surface area contributed by atoms with Gasteiger partial charge < -0.3 is 14.7 Å². The largest absolute Gasteiger partial charge is 0.372 e. The van der Waals surface area contributed by atoms with Crippen LogP contribution >= 0.6 is 12.2 Å². The van der Waals surface area contributed by atoms with Crippen molar-refractivity contribution in [1.82, 2.24) is 9.80 Å². The highest BCUT2D eigenvalue weighted by molar-refractivity contribution is 7.80. The molecule has 0 saturated carbocycles. The van der Waals surface area contributed by atoms with E-state index in [-0.39, 0.29) is 0 Å². The van der Waals surface area contributed by atoms with Gasteiger partial charge in [-0.15, -0.1) is 0 Å². The van der Waals surface area contributed by atoms with Crippen molar-refractivity contribution < 1.29 is 0 Å². The van der Waals surface area contributed by atoms with Gasteiger partial charge in [0.15, 0.2) is 0 Å². The summed E-state index contributed by atoms with van der Waals surface area (Å²) in [6.45, 7) is 5.38.